The Morgan fingerprint density at radius 3 is 2.75 bits per heavy atom. The molecule has 0 atom stereocenters. The minimum absolute atomic E-state index is 0.0481. The third-order valence-electron chi connectivity index (χ3n) is 2.14. The molecule has 0 amide bonds. The van der Waals surface area contributed by atoms with Gasteiger partial charge < -0.3 is 10.1 Å². The normalized spacial score (nSPS) is 10.4. The standard InChI is InChI=1S/C10H14N2O3S/c1-6-7(3-4-9(13)14)10(15)12-8(11-6)5-16-2/h3-5H2,1-2H3,(H,13,14)(H,11,12,15). The summed E-state index contributed by atoms with van der Waals surface area (Å²) >= 11 is 1.57. The van der Waals surface area contributed by atoms with E-state index in [-0.39, 0.29) is 18.4 Å². The van der Waals surface area contributed by atoms with Crippen LogP contribution in [0.3, 0.4) is 0 Å². The molecule has 0 saturated carbocycles. The summed E-state index contributed by atoms with van der Waals surface area (Å²) in [6, 6.07) is 0. The van der Waals surface area contributed by atoms with Gasteiger partial charge in [-0.15, -0.1) is 0 Å². The van der Waals surface area contributed by atoms with Gasteiger partial charge in [-0.2, -0.15) is 11.8 Å². The zero-order valence-electron chi connectivity index (χ0n) is 9.24. The maximum absolute atomic E-state index is 11.7. The van der Waals surface area contributed by atoms with Gasteiger partial charge >= 0.3 is 5.97 Å². The number of carboxylic acids is 1. The Balaban J connectivity index is 2.94. The lowest BCUT2D eigenvalue weighted by atomic mass is 10.1. The van der Waals surface area contributed by atoms with Crippen molar-refractivity contribution in [1.82, 2.24) is 9.97 Å². The van der Waals surface area contributed by atoms with Gasteiger partial charge in [0.05, 0.1) is 5.75 Å². The van der Waals surface area contributed by atoms with Gasteiger partial charge in [0.15, 0.2) is 0 Å². The first-order valence-electron chi connectivity index (χ1n) is 4.84. The Labute approximate surface area is 97.3 Å². The van der Waals surface area contributed by atoms with Crippen LogP contribution < -0.4 is 5.56 Å². The molecule has 0 radical (unpaired) electrons. The Bertz CT molecular complexity index is 442. The number of aromatic amines is 1. The zero-order valence-corrected chi connectivity index (χ0v) is 10.1. The molecule has 1 heterocycles. The van der Waals surface area contributed by atoms with Crippen LogP contribution in [0, 0.1) is 6.92 Å². The largest absolute Gasteiger partial charge is 0.481 e. The predicted molar refractivity (Wildman–Crippen MR) is 62.8 cm³/mol. The Morgan fingerprint density at radius 2 is 2.25 bits per heavy atom. The maximum atomic E-state index is 11.7. The molecule has 0 bridgehead atoms. The molecule has 1 aromatic rings. The van der Waals surface area contributed by atoms with Crippen LogP contribution in [0.25, 0.3) is 0 Å². The SMILES string of the molecule is CSCc1nc(C)c(CCC(=O)O)c(=O)[nH]1. The van der Waals surface area contributed by atoms with Gasteiger partial charge in [0, 0.05) is 17.7 Å². The Morgan fingerprint density at radius 1 is 1.56 bits per heavy atom. The van der Waals surface area contributed by atoms with E-state index in [1.54, 1.807) is 18.7 Å². The molecule has 0 aliphatic carbocycles. The van der Waals surface area contributed by atoms with Gasteiger partial charge in [0.2, 0.25) is 0 Å². The fourth-order valence-corrected chi connectivity index (χ4v) is 1.81. The van der Waals surface area contributed by atoms with Crippen LogP contribution in [0.4, 0.5) is 0 Å². The number of carboxylic acid groups (broad SMARTS) is 1. The molecule has 1 aromatic heterocycles. The van der Waals surface area contributed by atoms with Gasteiger partial charge in [-0.25, -0.2) is 4.98 Å². The van der Waals surface area contributed by atoms with E-state index in [1.807, 2.05) is 6.26 Å². The van der Waals surface area contributed by atoms with E-state index in [0.717, 1.165) is 0 Å². The molecule has 0 saturated heterocycles. The molecule has 1 rings (SSSR count). The topological polar surface area (TPSA) is 83.0 Å². The lowest BCUT2D eigenvalue weighted by Gasteiger charge is -2.05. The summed E-state index contributed by atoms with van der Waals surface area (Å²) in [5.74, 6) is 0.371. The third-order valence-corrected chi connectivity index (χ3v) is 2.70. The molecule has 0 aromatic carbocycles. The second-order valence-corrected chi connectivity index (χ2v) is 4.27. The molecule has 2 N–H and O–H groups in total. The molecule has 6 heteroatoms. The highest BCUT2D eigenvalue weighted by molar-refractivity contribution is 7.97. The van der Waals surface area contributed by atoms with E-state index in [1.165, 1.54) is 0 Å². The van der Waals surface area contributed by atoms with Crippen molar-refractivity contribution in [3.63, 3.8) is 0 Å². The fraction of sp³-hybridized carbons (Fsp3) is 0.500. The monoisotopic (exact) mass is 242 g/mol. The van der Waals surface area contributed by atoms with Gasteiger partial charge in [-0.3, -0.25) is 9.59 Å². The molecule has 0 aliphatic rings. The van der Waals surface area contributed by atoms with Crippen molar-refractivity contribution >= 4 is 17.7 Å². The van der Waals surface area contributed by atoms with E-state index in [4.69, 9.17) is 5.11 Å². The van der Waals surface area contributed by atoms with Crippen LogP contribution in [0.15, 0.2) is 4.79 Å². The third kappa shape index (κ3) is 3.37. The van der Waals surface area contributed by atoms with Crippen LogP contribution in [0.1, 0.15) is 23.5 Å². The van der Waals surface area contributed by atoms with Crippen LogP contribution in [-0.2, 0) is 17.0 Å². The average Bonchev–Trinajstić information content (AvgIpc) is 2.16. The van der Waals surface area contributed by atoms with E-state index >= 15 is 0 Å². The minimum Gasteiger partial charge on any atom is -0.481 e. The van der Waals surface area contributed by atoms with Crippen molar-refractivity contribution in [1.29, 1.82) is 0 Å². The number of thioether (sulfide) groups is 1. The van der Waals surface area contributed by atoms with Crippen LogP contribution in [0.2, 0.25) is 0 Å². The number of hydrogen-bond acceptors (Lipinski definition) is 4. The van der Waals surface area contributed by atoms with Gasteiger partial charge in [0.25, 0.3) is 5.56 Å². The Kier molecular flexibility index (Phi) is 4.54. The van der Waals surface area contributed by atoms with Gasteiger partial charge in [0.1, 0.15) is 5.82 Å². The molecular weight excluding hydrogens is 228 g/mol. The summed E-state index contributed by atoms with van der Waals surface area (Å²) in [5, 5.41) is 8.56. The molecule has 0 unspecified atom stereocenters. The number of aromatic nitrogens is 2. The zero-order chi connectivity index (χ0) is 12.1. The quantitative estimate of drug-likeness (QED) is 0.803. The summed E-state index contributed by atoms with van der Waals surface area (Å²) < 4.78 is 0. The van der Waals surface area contributed by atoms with Crippen LogP contribution in [-0.4, -0.2) is 27.3 Å². The van der Waals surface area contributed by atoms with Crippen LogP contribution >= 0.6 is 11.8 Å². The van der Waals surface area contributed by atoms with E-state index in [9.17, 15) is 9.59 Å². The van der Waals surface area contributed by atoms with Crippen molar-refractivity contribution in [3.05, 3.63) is 27.4 Å². The highest BCUT2D eigenvalue weighted by atomic mass is 32.2. The van der Waals surface area contributed by atoms with Crippen molar-refractivity contribution in [2.45, 2.75) is 25.5 Å². The predicted octanol–water partition coefficient (Wildman–Crippen LogP) is 0.959. The molecule has 88 valence electrons. The number of H-pyrrole nitrogens is 1. The number of nitrogens with one attached hydrogen (secondary N) is 1. The average molecular weight is 242 g/mol. The van der Waals surface area contributed by atoms with Gasteiger partial charge in [-0.1, -0.05) is 0 Å². The second kappa shape index (κ2) is 5.69. The molecule has 5 nitrogen and oxygen atoms in total. The minimum atomic E-state index is -0.910. The smallest absolute Gasteiger partial charge is 0.303 e. The number of carbonyl (C=O) groups is 1. The highest BCUT2D eigenvalue weighted by Crippen LogP contribution is 2.06. The lowest BCUT2D eigenvalue weighted by Crippen LogP contribution is -2.19. The number of hydrogen-bond donors (Lipinski definition) is 2. The van der Waals surface area contributed by atoms with Crippen LogP contribution in [0.5, 0.6) is 0 Å². The fourth-order valence-electron chi connectivity index (χ4n) is 1.40. The first kappa shape index (κ1) is 12.8. The summed E-state index contributed by atoms with van der Waals surface area (Å²) in [4.78, 5) is 29.0. The van der Waals surface area contributed by atoms with E-state index < -0.39 is 5.97 Å². The van der Waals surface area contributed by atoms with Crippen molar-refractivity contribution in [3.8, 4) is 0 Å². The first-order chi connectivity index (χ1) is 7.54. The van der Waals surface area contributed by atoms with Crippen molar-refractivity contribution in [2.24, 2.45) is 0 Å². The first-order valence-corrected chi connectivity index (χ1v) is 6.23. The van der Waals surface area contributed by atoms with Gasteiger partial charge in [-0.05, 0) is 19.6 Å². The highest BCUT2D eigenvalue weighted by Gasteiger charge is 2.09. The molecule has 0 spiro atoms. The molecule has 0 fully saturated rings. The number of rotatable bonds is 5. The van der Waals surface area contributed by atoms with E-state index in [0.29, 0.717) is 22.8 Å². The summed E-state index contributed by atoms with van der Waals surface area (Å²) in [6.45, 7) is 1.73. The number of nitrogens with zero attached hydrogens (tertiary/aromatic N) is 1. The second-order valence-electron chi connectivity index (χ2n) is 3.40. The molecular formula is C10H14N2O3S. The lowest BCUT2D eigenvalue weighted by molar-refractivity contribution is -0.136. The summed E-state index contributed by atoms with van der Waals surface area (Å²) in [7, 11) is 0. The summed E-state index contributed by atoms with van der Waals surface area (Å²) in [5.41, 5.74) is 0.860. The molecule has 0 aliphatic heterocycles. The maximum Gasteiger partial charge on any atom is 0.303 e. The Hall–Kier alpha value is -1.30. The van der Waals surface area contributed by atoms with Crippen molar-refractivity contribution in [2.75, 3.05) is 6.26 Å². The van der Waals surface area contributed by atoms with E-state index in [2.05, 4.69) is 9.97 Å². The number of aliphatic carboxylic acids is 1. The van der Waals surface area contributed by atoms with Crippen molar-refractivity contribution < 1.29 is 9.90 Å². The summed E-state index contributed by atoms with van der Waals surface area (Å²) in [6.07, 6.45) is 2.10. The number of aryl methyl sites for hydroxylation is 1. The molecule has 16 heavy (non-hydrogen) atoms.